The summed E-state index contributed by atoms with van der Waals surface area (Å²) >= 11 is 0. The number of rotatable bonds is 8. The zero-order valence-electron chi connectivity index (χ0n) is 17.5. The fourth-order valence-electron chi connectivity index (χ4n) is 3.75. The van der Waals surface area contributed by atoms with Gasteiger partial charge in [0.1, 0.15) is 30.2 Å². The molecule has 0 radical (unpaired) electrons. The maximum Gasteiger partial charge on any atom is 0.187 e. The third kappa shape index (κ3) is 5.15. The largest absolute Gasteiger partial charge is 0.497 e. The smallest absolute Gasteiger partial charge is 0.187 e. The number of aliphatic hydroxyl groups is 1. The van der Waals surface area contributed by atoms with Crippen molar-refractivity contribution in [2.75, 3.05) is 20.3 Å². The van der Waals surface area contributed by atoms with Crippen LogP contribution in [0.25, 0.3) is 0 Å². The van der Waals surface area contributed by atoms with Crippen LogP contribution in [0.2, 0.25) is 0 Å². The quantitative estimate of drug-likeness (QED) is 0.648. The standard InChI is InChI=1S/C24H28O7/c1-3-13-27-24-20(25)22(28-14-16-7-5-4-6-8-16)21-19(30-24)15-29-23(31-21)17-9-11-18(26-2)12-10-17/h3-12,19-25H,1,13-15H2,2H3/t19-,20-,21-,22-,23-,24-/m1/s1. The molecule has 0 aromatic heterocycles. The van der Waals surface area contributed by atoms with Crippen molar-refractivity contribution in [3.63, 3.8) is 0 Å². The first kappa shape index (κ1) is 22.0. The second-order valence-corrected chi connectivity index (χ2v) is 7.46. The summed E-state index contributed by atoms with van der Waals surface area (Å²) in [6.07, 6.45) is -2.49. The zero-order valence-corrected chi connectivity index (χ0v) is 17.5. The van der Waals surface area contributed by atoms with E-state index in [2.05, 4.69) is 6.58 Å². The van der Waals surface area contributed by atoms with Gasteiger partial charge in [0.2, 0.25) is 0 Å². The molecule has 2 aromatic rings. The van der Waals surface area contributed by atoms with Crippen molar-refractivity contribution in [1.29, 1.82) is 0 Å². The minimum atomic E-state index is -1.03. The Morgan fingerprint density at radius 2 is 1.84 bits per heavy atom. The maximum absolute atomic E-state index is 11.0. The van der Waals surface area contributed by atoms with Gasteiger partial charge in [0.05, 0.1) is 26.9 Å². The van der Waals surface area contributed by atoms with Crippen LogP contribution in [0.3, 0.4) is 0 Å². The molecular formula is C24H28O7. The minimum Gasteiger partial charge on any atom is -0.497 e. The van der Waals surface area contributed by atoms with Crippen LogP contribution >= 0.6 is 0 Å². The molecule has 1 N–H and O–H groups in total. The second kappa shape index (κ2) is 10.4. The SMILES string of the molecule is C=CCO[C@@H]1O[C@@H]2CO[C@@H](c3ccc(OC)cc3)O[C@H]2[C@H](OCc2ccccc2)[C@H]1O. The summed E-state index contributed by atoms with van der Waals surface area (Å²) in [6.45, 7) is 4.52. The van der Waals surface area contributed by atoms with Crippen molar-refractivity contribution < 1.29 is 33.5 Å². The maximum atomic E-state index is 11.0. The van der Waals surface area contributed by atoms with Crippen molar-refractivity contribution in [2.45, 2.75) is 43.6 Å². The monoisotopic (exact) mass is 428 g/mol. The fourth-order valence-corrected chi connectivity index (χ4v) is 3.75. The number of aliphatic hydroxyl groups excluding tert-OH is 1. The number of ether oxygens (including phenoxy) is 6. The highest BCUT2D eigenvalue weighted by Gasteiger charge is 2.50. The van der Waals surface area contributed by atoms with Gasteiger partial charge in [-0.3, -0.25) is 0 Å². The van der Waals surface area contributed by atoms with Crippen LogP contribution in [0, 0.1) is 0 Å². The third-order valence-electron chi connectivity index (χ3n) is 5.36. The van der Waals surface area contributed by atoms with Crippen molar-refractivity contribution in [2.24, 2.45) is 0 Å². The van der Waals surface area contributed by atoms with Crippen molar-refractivity contribution in [3.8, 4) is 5.75 Å². The number of hydrogen-bond acceptors (Lipinski definition) is 7. The highest BCUT2D eigenvalue weighted by molar-refractivity contribution is 5.28. The van der Waals surface area contributed by atoms with E-state index >= 15 is 0 Å². The Bertz CT molecular complexity index is 826. The topological polar surface area (TPSA) is 75.6 Å². The van der Waals surface area contributed by atoms with Gasteiger partial charge in [-0.2, -0.15) is 0 Å². The van der Waals surface area contributed by atoms with Gasteiger partial charge in [-0.1, -0.05) is 48.5 Å². The Hall–Kier alpha value is -2.26. The predicted molar refractivity (Wildman–Crippen MR) is 112 cm³/mol. The molecule has 2 fully saturated rings. The van der Waals surface area contributed by atoms with Gasteiger partial charge in [0.15, 0.2) is 12.6 Å². The van der Waals surface area contributed by atoms with Gasteiger partial charge in [0.25, 0.3) is 0 Å². The van der Waals surface area contributed by atoms with E-state index in [0.717, 1.165) is 16.9 Å². The molecule has 6 atom stereocenters. The molecule has 0 aliphatic carbocycles. The lowest BCUT2D eigenvalue weighted by atomic mass is 9.97. The summed E-state index contributed by atoms with van der Waals surface area (Å²) in [5.41, 5.74) is 1.85. The lowest BCUT2D eigenvalue weighted by Gasteiger charge is -2.47. The first-order chi connectivity index (χ1) is 15.2. The van der Waals surface area contributed by atoms with Crippen LogP contribution in [0.4, 0.5) is 0 Å². The molecule has 166 valence electrons. The molecule has 0 bridgehead atoms. The van der Waals surface area contributed by atoms with E-state index in [0.29, 0.717) is 6.61 Å². The average molecular weight is 428 g/mol. The highest BCUT2D eigenvalue weighted by Crippen LogP contribution is 2.36. The Morgan fingerprint density at radius 3 is 2.55 bits per heavy atom. The number of methoxy groups -OCH3 is 1. The number of benzene rings is 2. The van der Waals surface area contributed by atoms with Crippen LogP contribution in [-0.4, -0.2) is 56.1 Å². The van der Waals surface area contributed by atoms with Gasteiger partial charge in [-0.05, 0) is 17.7 Å². The van der Waals surface area contributed by atoms with Crippen molar-refractivity contribution in [3.05, 3.63) is 78.4 Å². The summed E-state index contributed by atoms with van der Waals surface area (Å²) in [4.78, 5) is 0. The van der Waals surface area contributed by atoms with Crippen LogP contribution < -0.4 is 4.74 Å². The molecule has 7 nitrogen and oxygen atoms in total. The second-order valence-electron chi connectivity index (χ2n) is 7.46. The first-order valence-corrected chi connectivity index (χ1v) is 10.3. The van der Waals surface area contributed by atoms with Gasteiger partial charge >= 0.3 is 0 Å². The molecule has 4 rings (SSSR count). The minimum absolute atomic E-state index is 0.251. The van der Waals surface area contributed by atoms with Gasteiger partial charge in [-0.25, -0.2) is 0 Å². The lowest BCUT2D eigenvalue weighted by Crippen LogP contribution is -2.63. The fraction of sp³-hybridized carbons (Fsp3) is 0.417. The summed E-state index contributed by atoms with van der Waals surface area (Å²) in [5, 5.41) is 11.0. The first-order valence-electron chi connectivity index (χ1n) is 10.3. The van der Waals surface area contributed by atoms with Gasteiger partial charge < -0.3 is 33.5 Å². The van der Waals surface area contributed by atoms with Crippen LogP contribution in [0.15, 0.2) is 67.3 Å². The van der Waals surface area contributed by atoms with E-state index in [4.69, 9.17) is 28.4 Å². The van der Waals surface area contributed by atoms with E-state index < -0.39 is 37.0 Å². The van der Waals surface area contributed by atoms with E-state index in [1.807, 2.05) is 54.6 Å². The Balaban J connectivity index is 1.51. The summed E-state index contributed by atoms with van der Waals surface area (Å²) in [7, 11) is 1.62. The Morgan fingerprint density at radius 1 is 1.06 bits per heavy atom. The average Bonchev–Trinajstić information content (AvgIpc) is 2.82. The molecule has 2 aliphatic heterocycles. The van der Waals surface area contributed by atoms with Gasteiger partial charge in [0, 0.05) is 5.56 Å². The molecular weight excluding hydrogens is 400 g/mol. The number of fused-ring (bicyclic) bond motifs is 1. The highest BCUT2D eigenvalue weighted by atomic mass is 16.8. The van der Waals surface area contributed by atoms with Crippen molar-refractivity contribution in [1.82, 2.24) is 0 Å². The molecule has 7 heteroatoms. The van der Waals surface area contributed by atoms with Gasteiger partial charge in [-0.15, -0.1) is 6.58 Å². The zero-order chi connectivity index (χ0) is 21.6. The van der Waals surface area contributed by atoms with Crippen molar-refractivity contribution >= 4 is 0 Å². The summed E-state index contributed by atoms with van der Waals surface area (Å²) in [5.74, 6) is 0.750. The molecule has 2 saturated heterocycles. The third-order valence-corrected chi connectivity index (χ3v) is 5.36. The van der Waals surface area contributed by atoms with Crippen LogP contribution in [0.5, 0.6) is 5.75 Å². The molecule has 2 aromatic carbocycles. The molecule has 2 aliphatic rings. The van der Waals surface area contributed by atoms with E-state index in [1.54, 1.807) is 13.2 Å². The molecule has 0 spiro atoms. The Kier molecular flexibility index (Phi) is 7.34. The molecule has 0 unspecified atom stereocenters. The predicted octanol–water partition coefficient (Wildman–Crippen LogP) is 2.98. The normalized spacial score (nSPS) is 30.4. The molecule has 0 amide bonds. The summed E-state index contributed by atoms with van der Waals surface area (Å²) in [6, 6.07) is 17.3. The molecule has 31 heavy (non-hydrogen) atoms. The Labute approximate surface area is 182 Å². The van der Waals surface area contributed by atoms with Crippen LogP contribution in [-0.2, 0) is 30.3 Å². The molecule has 2 heterocycles. The number of hydrogen-bond donors (Lipinski definition) is 1. The van der Waals surface area contributed by atoms with E-state index in [-0.39, 0.29) is 13.2 Å². The van der Waals surface area contributed by atoms with Crippen LogP contribution in [0.1, 0.15) is 17.4 Å². The van der Waals surface area contributed by atoms with E-state index in [9.17, 15) is 5.11 Å². The lowest BCUT2D eigenvalue weighted by molar-refractivity contribution is -0.365. The summed E-state index contributed by atoms with van der Waals surface area (Å²) < 4.78 is 35.0. The van der Waals surface area contributed by atoms with E-state index in [1.165, 1.54) is 0 Å². The molecule has 0 saturated carbocycles.